The van der Waals surface area contributed by atoms with E-state index in [1.807, 2.05) is 13.8 Å². The molecule has 0 rings (SSSR count). The van der Waals surface area contributed by atoms with Gasteiger partial charge in [0.1, 0.15) is 0 Å². The third-order valence-corrected chi connectivity index (χ3v) is 5.92. The first-order chi connectivity index (χ1) is 10.8. The summed E-state index contributed by atoms with van der Waals surface area (Å²) in [6.45, 7) is 13.0. The molecule has 4 unspecified atom stereocenters. The zero-order valence-corrected chi connectivity index (χ0v) is 16.8. The van der Waals surface area contributed by atoms with Gasteiger partial charge >= 0.3 is 0 Å². The van der Waals surface area contributed by atoms with E-state index in [1.54, 1.807) is 0 Å². The van der Waals surface area contributed by atoms with E-state index in [0.29, 0.717) is 11.8 Å². The van der Waals surface area contributed by atoms with Crippen LogP contribution in [-0.2, 0) is 0 Å². The van der Waals surface area contributed by atoms with Crippen LogP contribution in [0.1, 0.15) is 106 Å². The fraction of sp³-hybridized carbons (Fsp3) is 1.00. The Morgan fingerprint density at radius 1 is 0.696 bits per heavy atom. The molecule has 0 aromatic rings. The highest BCUT2D eigenvalue weighted by atomic mass is 16.3. The van der Waals surface area contributed by atoms with Gasteiger partial charge in [0.25, 0.3) is 0 Å². The molecule has 0 bridgehead atoms. The highest BCUT2D eigenvalue weighted by Gasteiger charge is 2.37. The predicted molar refractivity (Wildman–Crippen MR) is 102 cm³/mol. The van der Waals surface area contributed by atoms with Gasteiger partial charge in [-0.1, -0.05) is 92.9 Å². The standard InChI is InChI=1S/C21H44O2/c1-7-11-13-17(9-3)15-19(22)21(5,6)20(23)16-18(10-4)14-12-8-2/h17-20,22-23H,7-16H2,1-6H3. The number of rotatable bonds is 14. The molecule has 140 valence electrons. The van der Waals surface area contributed by atoms with Crippen LogP contribution in [-0.4, -0.2) is 22.4 Å². The number of aliphatic hydroxyl groups excluding tert-OH is 2. The Balaban J connectivity index is 4.59. The number of hydrogen-bond acceptors (Lipinski definition) is 2. The quantitative estimate of drug-likeness (QED) is 0.414. The third-order valence-electron chi connectivity index (χ3n) is 5.92. The minimum absolute atomic E-state index is 0.414. The van der Waals surface area contributed by atoms with E-state index in [4.69, 9.17) is 0 Å². The van der Waals surface area contributed by atoms with Gasteiger partial charge in [-0.25, -0.2) is 0 Å². The molecule has 23 heavy (non-hydrogen) atoms. The van der Waals surface area contributed by atoms with Crippen LogP contribution in [0, 0.1) is 17.3 Å². The molecule has 0 aliphatic heterocycles. The van der Waals surface area contributed by atoms with E-state index in [1.165, 1.54) is 38.5 Å². The van der Waals surface area contributed by atoms with Crippen LogP contribution < -0.4 is 0 Å². The van der Waals surface area contributed by atoms with Crippen LogP contribution in [0.3, 0.4) is 0 Å². The monoisotopic (exact) mass is 328 g/mol. The fourth-order valence-corrected chi connectivity index (χ4v) is 3.42. The second-order valence-corrected chi connectivity index (χ2v) is 8.16. The third kappa shape index (κ3) is 8.54. The smallest absolute Gasteiger partial charge is 0.0618 e. The lowest BCUT2D eigenvalue weighted by Gasteiger charge is -2.38. The fourth-order valence-electron chi connectivity index (χ4n) is 3.42. The zero-order chi connectivity index (χ0) is 17.9. The van der Waals surface area contributed by atoms with Crippen molar-refractivity contribution < 1.29 is 10.2 Å². The van der Waals surface area contributed by atoms with Crippen LogP contribution in [0.2, 0.25) is 0 Å². The van der Waals surface area contributed by atoms with Crippen LogP contribution in [0.5, 0.6) is 0 Å². The minimum atomic E-state index is -0.417. The van der Waals surface area contributed by atoms with Crippen molar-refractivity contribution in [3.8, 4) is 0 Å². The Labute approximate surface area is 146 Å². The van der Waals surface area contributed by atoms with Crippen molar-refractivity contribution in [2.75, 3.05) is 0 Å². The van der Waals surface area contributed by atoms with Crippen molar-refractivity contribution in [3.63, 3.8) is 0 Å². The molecule has 2 heteroatoms. The van der Waals surface area contributed by atoms with E-state index in [-0.39, 0.29) is 0 Å². The summed E-state index contributed by atoms with van der Waals surface area (Å²) in [5.74, 6) is 1.16. The van der Waals surface area contributed by atoms with Gasteiger partial charge in [0.05, 0.1) is 12.2 Å². The van der Waals surface area contributed by atoms with Gasteiger partial charge < -0.3 is 10.2 Å². The molecule has 0 fully saturated rings. The second-order valence-electron chi connectivity index (χ2n) is 8.16. The molecule has 0 radical (unpaired) electrons. The molecular weight excluding hydrogens is 284 g/mol. The largest absolute Gasteiger partial charge is 0.392 e. The Kier molecular flexibility index (Phi) is 12.3. The topological polar surface area (TPSA) is 40.5 Å². The van der Waals surface area contributed by atoms with Crippen LogP contribution in [0.15, 0.2) is 0 Å². The van der Waals surface area contributed by atoms with Gasteiger partial charge in [-0.2, -0.15) is 0 Å². The summed E-state index contributed by atoms with van der Waals surface area (Å²) in [6.07, 6.45) is 10.4. The zero-order valence-electron chi connectivity index (χ0n) is 16.8. The molecule has 2 nitrogen and oxygen atoms in total. The van der Waals surface area contributed by atoms with Crippen molar-refractivity contribution in [3.05, 3.63) is 0 Å². The SMILES string of the molecule is CCCCC(CC)CC(O)C(C)(C)C(O)CC(CC)CCCC. The molecule has 0 heterocycles. The van der Waals surface area contributed by atoms with Crippen molar-refractivity contribution in [1.82, 2.24) is 0 Å². The summed E-state index contributed by atoms with van der Waals surface area (Å²) < 4.78 is 0. The van der Waals surface area contributed by atoms with Crippen LogP contribution >= 0.6 is 0 Å². The van der Waals surface area contributed by atoms with E-state index >= 15 is 0 Å². The molecule has 0 saturated carbocycles. The maximum absolute atomic E-state index is 10.7. The molecule has 0 aromatic carbocycles. The Hall–Kier alpha value is -0.0800. The molecule has 0 aromatic heterocycles. The van der Waals surface area contributed by atoms with Gasteiger partial charge in [0, 0.05) is 5.41 Å². The highest BCUT2D eigenvalue weighted by molar-refractivity contribution is 4.87. The van der Waals surface area contributed by atoms with Crippen molar-refractivity contribution in [1.29, 1.82) is 0 Å². The maximum Gasteiger partial charge on any atom is 0.0618 e. The summed E-state index contributed by atoms with van der Waals surface area (Å²) in [7, 11) is 0. The first-order valence-corrected chi connectivity index (χ1v) is 10.2. The maximum atomic E-state index is 10.7. The molecule has 4 atom stereocenters. The Bertz CT molecular complexity index is 249. The highest BCUT2D eigenvalue weighted by Crippen LogP contribution is 2.35. The molecule has 0 aliphatic carbocycles. The summed E-state index contributed by atoms with van der Waals surface area (Å²) in [5, 5.41) is 21.5. The van der Waals surface area contributed by atoms with E-state index < -0.39 is 17.6 Å². The lowest BCUT2D eigenvalue weighted by molar-refractivity contribution is -0.0669. The first kappa shape index (κ1) is 22.9. The summed E-state index contributed by atoms with van der Waals surface area (Å²) >= 11 is 0. The summed E-state index contributed by atoms with van der Waals surface area (Å²) in [6, 6.07) is 0. The van der Waals surface area contributed by atoms with E-state index in [9.17, 15) is 10.2 Å². The van der Waals surface area contributed by atoms with Crippen molar-refractivity contribution in [2.45, 2.75) is 118 Å². The average Bonchev–Trinajstić information content (AvgIpc) is 2.54. The second kappa shape index (κ2) is 12.3. The Morgan fingerprint density at radius 3 is 1.30 bits per heavy atom. The molecule has 0 amide bonds. The van der Waals surface area contributed by atoms with Gasteiger partial charge in [-0.3, -0.25) is 0 Å². The molecule has 0 spiro atoms. The first-order valence-electron chi connectivity index (χ1n) is 10.2. The van der Waals surface area contributed by atoms with Gasteiger partial charge in [0.15, 0.2) is 0 Å². The van der Waals surface area contributed by atoms with Gasteiger partial charge in [0.2, 0.25) is 0 Å². The lowest BCUT2D eigenvalue weighted by Crippen LogP contribution is -2.42. The van der Waals surface area contributed by atoms with Crippen molar-refractivity contribution >= 4 is 0 Å². The van der Waals surface area contributed by atoms with E-state index in [0.717, 1.165) is 25.7 Å². The number of aliphatic hydroxyl groups is 2. The molecule has 0 saturated heterocycles. The van der Waals surface area contributed by atoms with Crippen LogP contribution in [0.25, 0.3) is 0 Å². The number of unbranched alkanes of at least 4 members (excludes halogenated alkanes) is 2. The van der Waals surface area contributed by atoms with Gasteiger partial charge in [-0.05, 0) is 24.7 Å². The predicted octanol–water partition coefficient (Wildman–Crippen LogP) is 5.95. The average molecular weight is 329 g/mol. The number of hydrogen-bond donors (Lipinski definition) is 2. The minimum Gasteiger partial charge on any atom is -0.392 e. The van der Waals surface area contributed by atoms with E-state index in [2.05, 4.69) is 27.7 Å². The normalized spacial score (nSPS) is 17.7. The summed E-state index contributed by atoms with van der Waals surface area (Å²) in [4.78, 5) is 0. The van der Waals surface area contributed by atoms with Crippen LogP contribution in [0.4, 0.5) is 0 Å². The molecular formula is C21H44O2. The van der Waals surface area contributed by atoms with Crippen molar-refractivity contribution in [2.24, 2.45) is 17.3 Å². The van der Waals surface area contributed by atoms with Gasteiger partial charge in [-0.15, -0.1) is 0 Å². The molecule has 0 aliphatic rings. The lowest BCUT2D eigenvalue weighted by atomic mass is 9.73. The summed E-state index contributed by atoms with van der Waals surface area (Å²) in [5.41, 5.74) is -0.417. The Morgan fingerprint density at radius 2 is 1.04 bits per heavy atom. The molecule has 2 N–H and O–H groups in total.